The number of halogens is 1. The summed E-state index contributed by atoms with van der Waals surface area (Å²) in [6.07, 6.45) is 2.83. The van der Waals surface area contributed by atoms with Gasteiger partial charge in [-0.1, -0.05) is 24.6 Å². The Bertz CT molecular complexity index is 761. The number of aromatic nitrogens is 1. The van der Waals surface area contributed by atoms with Gasteiger partial charge in [0, 0.05) is 32.9 Å². The summed E-state index contributed by atoms with van der Waals surface area (Å²) >= 11 is 7.97. The standard InChI is InChI=1S/C19H21ClN2O2S/c1-4-25-15-7-5-13(21-11-15)10-18(24)22-14-6-8-16(17(20)9-14)19(2,3)12-23/h5-9,11-12H,4,10H2,1-3H3,(H,22,24). The molecule has 1 amide bonds. The van der Waals surface area contributed by atoms with Crippen LogP contribution in [-0.2, 0) is 21.4 Å². The molecule has 0 radical (unpaired) electrons. The van der Waals surface area contributed by atoms with Gasteiger partial charge in [0.15, 0.2) is 0 Å². The van der Waals surface area contributed by atoms with E-state index in [0.29, 0.717) is 16.4 Å². The van der Waals surface area contributed by atoms with E-state index in [1.54, 1.807) is 50.0 Å². The average Bonchev–Trinajstić information content (AvgIpc) is 2.56. The zero-order valence-electron chi connectivity index (χ0n) is 14.5. The number of pyridine rings is 1. The molecule has 0 aliphatic rings. The van der Waals surface area contributed by atoms with Crippen LogP contribution in [-0.4, -0.2) is 22.9 Å². The van der Waals surface area contributed by atoms with Crippen molar-refractivity contribution >= 4 is 41.2 Å². The number of amides is 1. The van der Waals surface area contributed by atoms with Crippen molar-refractivity contribution in [1.29, 1.82) is 0 Å². The Hall–Kier alpha value is -1.85. The molecule has 0 fully saturated rings. The molecule has 2 aromatic rings. The van der Waals surface area contributed by atoms with Crippen molar-refractivity contribution < 1.29 is 9.59 Å². The van der Waals surface area contributed by atoms with Crippen LogP contribution >= 0.6 is 23.4 Å². The van der Waals surface area contributed by atoms with Gasteiger partial charge in [0.05, 0.1) is 6.42 Å². The van der Waals surface area contributed by atoms with Gasteiger partial charge in [0.25, 0.3) is 0 Å². The quantitative estimate of drug-likeness (QED) is 0.570. The molecule has 0 saturated heterocycles. The van der Waals surface area contributed by atoms with Gasteiger partial charge in [0.2, 0.25) is 5.91 Å². The Morgan fingerprint density at radius 3 is 2.64 bits per heavy atom. The van der Waals surface area contributed by atoms with Crippen molar-refractivity contribution in [2.75, 3.05) is 11.1 Å². The van der Waals surface area contributed by atoms with Crippen LogP contribution < -0.4 is 5.32 Å². The minimum atomic E-state index is -0.665. The summed E-state index contributed by atoms with van der Waals surface area (Å²) in [7, 11) is 0. The molecule has 4 nitrogen and oxygen atoms in total. The van der Waals surface area contributed by atoms with E-state index in [1.165, 1.54) is 0 Å². The largest absolute Gasteiger partial charge is 0.326 e. The molecule has 0 spiro atoms. The zero-order chi connectivity index (χ0) is 18.4. The number of nitrogens with one attached hydrogen (secondary N) is 1. The topological polar surface area (TPSA) is 59.1 Å². The average molecular weight is 377 g/mol. The monoisotopic (exact) mass is 376 g/mol. The summed E-state index contributed by atoms with van der Waals surface area (Å²) in [4.78, 5) is 28.8. The van der Waals surface area contributed by atoms with Crippen LogP contribution in [0.15, 0.2) is 41.4 Å². The van der Waals surface area contributed by atoms with Crippen molar-refractivity contribution in [2.24, 2.45) is 0 Å². The van der Waals surface area contributed by atoms with E-state index in [4.69, 9.17) is 11.6 Å². The van der Waals surface area contributed by atoms with E-state index in [9.17, 15) is 9.59 Å². The van der Waals surface area contributed by atoms with E-state index >= 15 is 0 Å². The zero-order valence-corrected chi connectivity index (χ0v) is 16.1. The first-order valence-corrected chi connectivity index (χ1v) is 9.36. The molecule has 0 aliphatic heterocycles. The summed E-state index contributed by atoms with van der Waals surface area (Å²) in [5, 5.41) is 3.26. The van der Waals surface area contributed by atoms with Gasteiger partial charge in [-0.25, -0.2) is 0 Å². The Labute approximate surface area is 157 Å². The van der Waals surface area contributed by atoms with Crippen LogP contribution in [0.1, 0.15) is 32.0 Å². The van der Waals surface area contributed by atoms with E-state index in [1.807, 2.05) is 12.1 Å². The molecule has 1 aromatic heterocycles. The Kier molecular flexibility index (Phi) is 6.62. The number of carbonyl (C=O) groups excluding carboxylic acids is 2. The van der Waals surface area contributed by atoms with E-state index in [0.717, 1.165) is 22.5 Å². The number of thioether (sulfide) groups is 1. The molecule has 1 N–H and O–H groups in total. The lowest BCUT2D eigenvalue weighted by Gasteiger charge is -2.19. The minimum Gasteiger partial charge on any atom is -0.326 e. The number of rotatable bonds is 7. The minimum absolute atomic E-state index is 0.165. The second-order valence-corrected chi connectivity index (χ2v) is 7.92. The summed E-state index contributed by atoms with van der Waals surface area (Å²) in [6.45, 7) is 5.68. The molecule has 1 aromatic carbocycles. The molecule has 6 heteroatoms. The second kappa shape index (κ2) is 8.50. The van der Waals surface area contributed by atoms with Crippen LogP contribution in [0.2, 0.25) is 5.02 Å². The maximum atomic E-state index is 12.2. The molecular weight excluding hydrogens is 356 g/mol. The van der Waals surface area contributed by atoms with Crippen LogP contribution in [0.25, 0.3) is 0 Å². The number of aldehydes is 1. The van der Waals surface area contributed by atoms with E-state index in [-0.39, 0.29) is 12.3 Å². The molecule has 0 atom stereocenters. The smallest absolute Gasteiger partial charge is 0.230 e. The number of anilines is 1. The molecule has 0 aliphatic carbocycles. The predicted molar refractivity (Wildman–Crippen MR) is 104 cm³/mol. The van der Waals surface area contributed by atoms with E-state index in [2.05, 4.69) is 17.2 Å². The lowest BCUT2D eigenvalue weighted by molar-refractivity contribution is -0.115. The predicted octanol–water partition coefficient (Wildman–Crippen LogP) is 4.50. The highest BCUT2D eigenvalue weighted by atomic mass is 35.5. The Morgan fingerprint density at radius 1 is 1.32 bits per heavy atom. The van der Waals surface area contributed by atoms with Crippen molar-refractivity contribution in [3.8, 4) is 0 Å². The molecule has 0 saturated carbocycles. The first-order chi connectivity index (χ1) is 11.9. The fourth-order valence-electron chi connectivity index (χ4n) is 2.32. The van der Waals surface area contributed by atoms with Crippen molar-refractivity contribution in [1.82, 2.24) is 4.98 Å². The number of carbonyl (C=O) groups is 2. The van der Waals surface area contributed by atoms with Gasteiger partial charge in [-0.15, -0.1) is 11.8 Å². The number of hydrogen-bond acceptors (Lipinski definition) is 4. The molecule has 1 heterocycles. The first kappa shape index (κ1) is 19.5. The number of hydrogen-bond donors (Lipinski definition) is 1. The van der Waals surface area contributed by atoms with Crippen LogP contribution in [0.5, 0.6) is 0 Å². The van der Waals surface area contributed by atoms with Crippen molar-refractivity contribution in [3.63, 3.8) is 0 Å². The second-order valence-electron chi connectivity index (χ2n) is 6.18. The summed E-state index contributed by atoms with van der Waals surface area (Å²) in [5.74, 6) is 0.820. The van der Waals surface area contributed by atoms with Gasteiger partial charge in [-0.05, 0) is 49.4 Å². The Morgan fingerprint density at radius 2 is 2.08 bits per heavy atom. The molecule has 132 valence electrons. The van der Waals surface area contributed by atoms with Crippen molar-refractivity contribution in [3.05, 3.63) is 52.8 Å². The highest BCUT2D eigenvalue weighted by Gasteiger charge is 2.22. The summed E-state index contributed by atoms with van der Waals surface area (Å²) in [5.41, 5.74) is 1.37. The van der Waals surface area contributed by atoms with Gasteiger partial charge >= 0.3 is 0 Å². The molecule has 0 bridgehead atoms. The summed E-state index contributed by atoms with van der Waals surface area (Å²) in [6, 6.07) is 9.01. The molecule has 0 unspecified atom stereocenters. The molecule has 25 heavy (non-hydrogen) atoms. The SMILES string of the molecule is CCSc1ccc(CC(=O)Nc2ccc(C(C)(C)C=O)c(Cl)c2)nc1. The first-order valence-electron chi connectivity index (χ1n) is 7.99. The molecule has 2 rings (SSSR count). The maximum absolute atomic E-state index is 12.2. The third-order valence-electron chi connectivity index (χ3n) is 3.69. The van der Waals surface area contributed by atoms with Gasteiger partial charge in [-0.2, -0.15) is 0 Å². The maximum Gasteiger partial charge on any atom is 0.230 e. The summed E-state index contributed by atoms with van der Waals surface area (Å²) < 4.78 is 0. The van der Waals surface area contributed by atoms with Gasteiger partial charge in [0.1, 0.15) is 6.29 Å². The van der Waals surface area contributed by atoms with Crippen LogP contribution in [0.3, 0.4) is 0 Å². The van der Waals surface area contributed by atoms with Crippen LogP contribution in [0, 0.1) is 0 Å². The lowest BCUT2D eigenvalue weighted by Crippen LogP contribution is -2.20. The number of benzene rings is 1. The van der Waals surface area contributed by atoms with Crippen LogP contribution in [0.4, 0.5) is 5.69 Å². The molecular formula is C19H21ClN2O2S. The fraction of sp³-hybridized carbons (Fsp3) is 0.316. The fourth-order valence-corrected chi connectivity index (χ4v) is 3.37. The Balaban J connectivity index is 2.03. The normalized spacial score (nSPS) is 11.2. The van der Waals surface area contributed by atoms with E-state index < -0.39 is 5.41 Å². The van der Waals surface area contributed by atoms with Gasteiger partial charge in [-0.3, -0.25) is 9.78 Å². The van der Waals surface area contributed by atoms with Crippen molar-refractivity contribution in [2.45, 2.75) is 37.5 Å². The highest BCUT2D eigenvalue weighted by molar-refractivity contribution is 7.99. The third kappa shape index (κ3) is 5.31. The number of nitrogens with zero attached hydrogens (tertiary/aromatic N) is 1. The van der Waals surface area contributed by atoms with Gasteiger partial charge < -0.3 is 10.1 Å². The third-order valence-corrected chi connectivity index (χ3v) is 4.87. The lowest BCUT2D eigenvalue weighted by atomic mass is 9.86. The highest BCUT2D eigenvalue weighted by Crippen LogP contribution is 2.30.